The summed E-state index contributed by atoms with van der Waals surface area (Å²) in [6.07, 6.45) is 11.4. The van der Waals surface area contributed by atoms with E-state index in [-0.39, 0.29) is 35.7 Å². The predicted octanol–water partition coefficient (Wildman–Crippen LogP) is 5.36. The molecule has 3 aliphatic heterocycles. The van der Waals surface area contributed by atoms with Gasteiger partial charge in [0.15, 0.2) is 0 Å². The lowest BCUT2D eigenvalue weighted by molar-refractivity contribution is -0.146. The lowest BCUT2D eigenvalue weighted by Gasteiger charge is -2.44. The van der Waals surface area contributed by atoms with E-state index in [0.717, 1.165) is 44.9 Å². The van der Waals surface area contributed by atoms with Crippen LogP contribution in [0.5, 0.6) is 0 Å². The molecule has 1 aromatic carbocycles. The summed E-state index contributed by atoms with van der Waals surface area (Å²) in [5.41, 5.74) is -0.698. The smallest absolute Gasteiger partial charge is 0.246 e. The van der Waals surface area contributed by atoms with Gasteiger partial charge in [0.2, 0.25) is 17.7 Å². The van der Waals surface area contributed by atoms with Gasteiger partial charge in [0.1, 0.15) is 11.6 Å². The molecule has 9 heteroatoms. The predicted molar refractivity (Wildman–Crippen MR) is 150 cm³/mol. The summed E-state index contributed by atoms with van der Waals surface area (Å²) in [6, 6.07) is 4.08. The van der Waals surface area contributed by atoms with Crippen molar-refractivity contribution in [3.8, 4) is 0 Å². The maximum atomic E-state index is 14.4. The molecule has 2 saturated heterocycles. The van der Waals surface area contributed by atoms with Crippen LogP contribution in [-0.2, 0) is 19.1 Å². The molecule has 1 spiro atoms. The summed E-state index contributed by atoms with van der Waals surface area (Å²) in [5.74, 6) is -1.49. The van der Waals surface area contributed by atoms with Crippen LogP contribution in [0.2, 0.25) is 10.0 Å². The number of nitrogens with zero attached hydrogens (tertiary/aromatic N) is 1. The highest BCUT2D eigenvalue weighted by atomic mass is 35.5. The van der Waals surface area contributed by atoms with Gasteiger partial charge >= 0.3 is 0 Å². The quantitative estimate of drug-likeness (QED) is 0.464. The molecule has 3 heterocycles. The Balaban J connectivity index is 1.34. The Labute approximate surface area is 240 Å². The number of fused-ring (bicyclic) bond motifs is 1. The Morgan fingerprint density at radius 1 is 0.974 bits per heavy atom. The normalized spacial score (nSPS) is 37.7. The van der Waals surface area contributed by atoms with Gasteiger partial charge in [-0.15, -0.1) is 0 Å². The number of benzene rings is 1. The van der Waals surface area contributed by atoms with Crippen LogP contribution in [0, 0.1) is 23.7 Å². The molecule has 6 unspecified atom stereocenters. The third-order valence-electron chi connectivity index (χ3n) is 9.97. The van der Waals surface area contributed by atoms with Crippen LogP contribution in [0.15, 0.2) is 30.4 Å². The van der Waals surface area contributed by atoms with Crippen LogP contribution in [0.4, 0.5) is 5.69 Å². The Hall–Kier alpha value is -2.09. The molecule has 210 valence electrons. The van der Waals surface area contributed by atoms with Gasteiger partial charge in [-0.25, -0.2) is 0 Å². The molecule has 4 fully saturated rings. The minimum absolute atomic E-state index is 0.0742. The molecule has 2 saturated carbocycles. The Bertz CT molecular complexity index is 1180. The number of hydrogen-bond donors (Lipinski definition) is 2. The topological polar surface area (TPSA) is 87.7 Å². The van der Waals surface area contributed by atoms with Crippen LogP contribution in [0.3, 0.4) is 0 Å². The van der Waals surface area contributed by atoms with Crippen LogP contribution < -0.4 is 10.6 Å². The van der Waals surface area contributed by atoms with Gasteiger partial charge in [-0.2, -0.15) is 0 Å². The fourth-order valence-electron chi connectivity index (χ4n) is 7.89. The second-order valence-corrected chi connectivity index (χ2v) is 13.1. The molecule has 2 aliphatic carbocycles. The maximum absolute atomic E-state index is 14.4. The first kappa shape index (κ1) is 27.1. The molecule has 7 nitrogen and oxygen atoms in total. The summed E-state index contributed by atoms with van der Waals surface area (Å²) in [6.45, 7) is 4.41. The summed E-state index contributed by atoms with van der Waals surface area (Å²) in [7, 11) is 0. The zero-order valence-corrected chi connectivity index (χ0v) is 24.0. The van der Waals surface area contributed by atoms with Gasteiger partial charge in [-0.3, -0.25) is 14.4 Å². The Morgan fingerprint density at radius 2 is 1.69 bits per heavy atom. The number of carbonyl (C=O) groups excluding carboxylic acids is 3. The number of anilines is 1. The van der Waals surface area contributed by atoms with Crippen molar-refractivity contribution in [1.29, 1.82) is 0 Å². The molecule has 2 bridgehead atoms. The number of halogens is 2. The van der Waals surface area contributed by atoms with E-state index in [1.54, 1.807) is 18.2 Å². The first-order valence-electron chi connectivity index (χ1n) is 14.5. The van der Waals surface area contributed by atoms with Gasteiger partial charge in [-0.05, 0) is 49.3 Å². The third kappa shape index (κ3) is 4.58. The number of nitrogens with one attached hydrogen (secondary N) is 2. The molecule has 3 amide bonds. The van der Waals surface area contributed by atoms with E-state index >= 15 is 0 Å². The number of hydrogen-bond acceptors (Lipinski definition) is 4. The number of carbonyl (C=O) groups is 3. The monoisotopic (exact) mass is 573 g/mol. The lowest BCUT2D eigenvalue weighted by atomic mass is 9.74. The Morgan fingerprint density at radius 3 is 2.41 bits per heavy atom. The van der Waals surface area contributed by atoms with Crippen LogP contribution in [-0.4, -0.2) is 52.5 Å². The number of ether oxygens (including phenoxy) is 1. The van der Waals surface area contributed by atoms with Crippen molar-refractivity contribution in [2.45, 2.75) is 95.0 Å². The molecular weight excluding hydrogens is 537 g/mol. The van der Waals surface area contributed by atoms with Gasteiger partial charge in [0.05, 0.1) is 17.9 Å². The van der Waals surface area contributed by atoms with Crippen LogP contribution in [0.25, 0.3) is 0 Å². The van der Waals surface area contributed by atoms with Crippen molar-refractivity contribution in [3.63, 3.8) is 0 Å². The van der Waals surface area contributed by atoms with Gasteiger partial charge in [-0.1, -0.05) is 81.3 Å². The van der Waals surface area contributed by atoms with E-state index in [0.29, 0.717) is 21.7 Å². The van der Waals surface area contributed by atoms with Crippen LogP contribution >= 0.6 is 23.2 Å². The second-order valence-electron chi connectivity index (χ2n) is 12.3. The molecule has 2 N–H and O–H groups in total. The number of amides is 3. The Kier molecular flexibility index (Phi) is 7.22. The average Bonchev–Trinajstić information content (AvgIpc) is 3.53. The highest BCUT2D eigenvalue weighted by Crippen LogP contribution is 2.57. The number of likely N-dealkylation sites (tertiary alicyclic amines) is 1. The van der Waals surface area contributed by atoms with Gasteiger partial charge < -0.3 is 20.3 Å². The van der Waals surface area contributed by atoms with E-state index in [4.69, 9.17) is 27.9 Å². The van der Waals surface area contributed by atoms with E-state index in [9.17, 15) is 14.4 Å². The molecule has 0 radical (unpaired) electrons. The van der Waals surface area contributed by atoms with E-state index in [2.05, 4.69) is 24.5 Å². The SMILES string of the molecule is CC1CCCC(N2C(=O)[C@@H]3C(C(=O)Nc4cc(Cl)cc(Cl)c4)[C@@H]4C=CC3(O4)C2C(=O)NC2CCCCC2)C1C. The molecule has 1 aromatic rings. The summed E-state index contributed by atoms with van der Waals surface area (Å²) in [5, 5.41) is 7.00. The first-order chi connectivity index (χ1) is 18.7. The largest absolute Gasteiger partial charge is 0.359 e. The minimum Gasteiger partial charge on any atom is -0.359 e. The fraction of sp³-hybridized carbons (Fsp3) is 0.633. The highest BCUT2D eigenvalue weighted by molar-refractivity contribution is 6.35. The standard InChI is InChI=1S/C30H37Cl2N3O4/c1-16-7-6-10-22(17(16)2)35-26(28(37)33-20-8-4-3-5-9-20)30-12-11-23(39-30)24(25(30)29(35)38)27(36)34-21-14-18(31)13-19(32)15-21/h11-17,20,22-26H,3-10H2,1-2H3,(H,33,37)(H,34,36)/t16?,17?,22?,23-,24?,25-,26?,30?/m0/s1. The third-order valence-corrected chi connectivity index (χ3v) is 10.4. The van der Waals surface area contributed by atoms with Gasteiger partial charge in [0.25, 0.3) is 0 Å². The zero-order chi connectivity index (χ0) is 27.5. The minimum atomic E-state index is -1.16. The molecule has 6 rings (SSSR count). The van der Waals surface area contributed by atoms with E-state index in [1.165, 1.54) is 6.42 Å². The average molecular weight is 575 g/mol. The second kappa shape index (κ2) is 10.4. The van der Waals surface area contributed by atoms with Crippen molar-refractivity contribution in [3.05, 3.63) is 40.4 Å². The van der Waals surface area contributed by atoms with Gasteiger partial charge in [0, 0.05) is 27.8 Å². The summed E-state index contributed by atoms with van der Waals surface area (Å²) < 4.78 is 6.53. The van der Waals surface area contributed by atoms with E-state index < -0.39 is 29.6 Å². The van der Waals surface area contributed by atoms with Crippen molar-refractivity contribution in [2.75, 3.05) is 5.32 Å². The van der Waals surface area contributed by atoms with Crippen molar-refractivity contribution in [2.24, 2.45) is 23.7 Å². The summed E-state index contributed by atoms with van der Waals surface area (Å²) in [4.78, 5) is 44.1. The zero-order valence-electron chi connectivity index (χ0n) is 22.5. The van der Waals surface area contributed by atoms with Crippen LogP contribution in [0.1, 0.15) is 65.2 Å². The molecule has 8 atom stereocenters. The fourth-order valence-corrected chi connectivity index (χ4v) is 8.42. The van der Waals surface area contributed by atoms with Crippen molar-refractivity contribution < 1.29 is 19.1 Å². The molecule has 39 heavy (non-hydrogen) atoms. The number of rotatable bonds is 5. The summed E-state index contributed by atoms with van der Waals surface area (Å²) >= 11 is 12.3. The van der Waals surface area contributed by atoms with Crippen molar-refractivity contribution in [1.82, 2.24) is 10.2 Å². The van der Waals surface area contributed by atoms with E-state index in [1.807, 2.05) is 17.1 Å². The first-order valence-corrected chi connectivity index (χ1v) is 15.2. The maximum Gasteiger partial charge on any atom is 0.246 e. The molecule has 5 aliphatic rings. The molecular formula is C30H37Cl2N3O4. The molecule has 0 aromatic heterocycles. The highest BCUT2D eigenvalue weighted by Gasteiger charge is 2.73. The van der Waals surface area contributed by atoms with Crippen molar-refractivity contribution >= 4 is 46.6 Å². The lowest BCUT2D eigenvalue weighted by Crippen LogP contribution is -2.60.